The minimum atomic E-state index is -0.489. The maximum atomic E-state index is 13.3. The van der Waals surface area contributed by atoms with Gasteiger partial charge in [0.15, 0.2) is 4.32 Å². The van der Waals surface area contributed by atoms with Gasteiger partial charge >= 0.3 is 0 Å². The molecule has 142 valence electrons. The van der Waals surface area contributed by atoms with Gasteiger partial charge in [-0.1, -0.05) is 23.4 Å². The van der Waals surface area contributed by atoms with Crippen molar-refractivity contribution in [2.45, 2.75) is 13.8 Å². The van der Waals surface area contributed by atoms with Crippen LogP contribution in [0.4, 0.5) is 4.39 Å². The summed E-state index contributed by atoms with van der Waals surface area (Å²) in [5.41, 5.74) is 2.49. The van der Waals surface area contributed by atoms with Crippen LogP contribution in [0.15, 0.2) is 51.8 Å². The standard InChI is InChI=1S/C20H14ClFN2O2S2/c1-11-3-4-12(2)23(11)24-19(25)18(28-20(24)27)10-14-6-8-17(26-14)13-5-7-16(22)15(21)9-13/h3-10H,1-2H3. The Hall–Kier alpha value is -2.35. The Kier molecular flexibility index (Phi) is 4.91. The van der Waals surface area contributed by atoms with Gasteiger partial charge in [0, 0.05) is 23.0 Å². The molecule has 0 N–H and O–H groups in total. The number of furan rings is 1. The number of aryl methyl sites for hydroxylation is 2. The highest BCUT2D eigenvalue weighted by molar-refractivity contribution is 8.27. The van der Waals surface area contributed by atoms with Crippen molar-refractivity contribution in [3.05, 3.63) is 75.4 Å². The number of hydrogen-bond donors (Lipinski definition) is 0. The van der Waals surface area contributed by atoms with Crippen LogP contribution in [0.5, 0.6) is 0 Å². The summed E-state index contributed by atoms with van der Waals surface area (Å²) in [6.45, 7) is 3.84. The van der Waals surface area contributed by atoms with E-state index in [4.69, 9.17) is 28.2 Å². The third kappa shape index (κ3) is 3.30. The number of aromatic nitrogens is 1. The quantitative estimate of drug-likeness (QED) is 0.393. The fourth-order valence-corrected chi connectivity index (χ4v) is 4.37. The van der Waals surface area contributed by atoms with E-state index < -0.39 is 5.82 Å². The molecule has 28 heavy (non-hydrogen) atoms. The predicted octanol–water partition coefficient (Wildman–Crippen LogP) is 5.69. The van der Waals surface area contributed by atoms with Crippen LogP contribution >= 0.6 is 35.6 Å². The van der Waals surface area contributed by atoms with Crippen LogP contribution in [0.25, 0.3) is 17.4 Å². The molecule has 4 rings (SSSR count). The van der Waals surface area contributed by atoms with E-state index in [1.165, 1.54) is 28.9 Å². The lowest BCUT2D eigenvalue weighted by Crippen LogP contribution is -2.39. The molecule has 3 aromatic rings. The van der Waals surface area contributed by atoms with E-state index >= 15 is 0 Å². The van der Waals surface area contributed by atoms with E-state index in [1.54, 1.807) is 29.0 Å². The molecule has 1 amide bonds. The lowest BCUT2D eigenvalue weighted by atomic mass is 10.2. The Morgan fingerprint density at radius 3 is 2.54 bits per heavy atom. The molecule has 8 heteroatoms. The zero-order valence-electron chi connectivity index (χ0n) is 14.9. The molecule has 0 atom stereocenters. The molecule has 3 heterocycles. The van der Waals surface area contributed by atoms with Gasteiger partial charge in [0.05, 0.1) is 9.93 Å². The average molecular weight is 433 g/mol. The molecule has 0 saturated carbocycles. The molecule has 2 aromatic heterocycles. The normalized spacial score (nSPS) is 15.9. The summed E-state index contributed by atoms with van der Waals surface area (Å²) in [4.78, 5) is 13.4. The number of amides is 1. The zero-order chi connectivity index (χ0) is 20.0. The van der Waals surface area contributed by atoms with E-state index in [1.807, 2.05) is 26.0 Å². The second-order valence-electron chi connectivity index (χ2n) is 6.25. The van der Waals surface area contributed by atoms with Crippen molar-refractivity contribution >= 4 is 51.9 Å². The lowest BCUT2D eigenvalue weighted by Gasteiger charge is -2.20. The van der Waals surface area contributed by atoms with Gasteiger partial charge in [-0.05, 0) is 68.5 Å². The highest BCUT2D eigenvalue weighted by atomic mass is 35.5. The van der Waals surface area contributed by atoms with Gasteiger partial charge in [0.25, 0.3) is 5.91 Å². The lowest BCUT2D eigenvalue weighted by molar-refractivity contribution is -0.114. The number of benzene rings is 1. The molecule has 0 unspecified atom stereocenters. The monoisotopic (exact) mass is 432 g/mol. The van der Waals surface area contributed by atoms with Crippen molar-refractivity contribution in [1.82, 2.24) is 4.68 Å². The van der Waals surface area contributed by atoms with Gasteiger partial charge in [-0.25, -0.2) is 4.39 Å². The van der Waals surface area contributed by atoms with Gasteiger partial charge in [-0.15, -0.1) is 0 Å². The van der Waals surface area contributed by atoms with Crippen LogP contribution < -0.4 is 5.01 Å². The van der Waals surface area contributed by atoms with Crippen molar-refractivity contribution in [2.24, 2.45) is 0 Å². The highest BCUT2D eigenvalue weighted by Crippen LogP contribution is 2.34. The van der Waals surface area contributed by atoms with Crippen LogP contribution in [0.3, 0.4) is 0 Å². The Balaban J connectivity index is 1.63. The number of rotatable bonds is 3. The topological polar surface area (TPSA) is 38.4 Å². The van der Waals surface area contributed by atoms with Gasteiger partial charge in [-0.3, -0.25) is 9.47 Å². The number of thiocarbonyl (C=S) groups is 1. The van der Waals surface area contributed by atoms with E-state index in [9.17, 15) is 9.18 Å². The minimum absolute atomic E-state index is 0.0220. The van der Waals surface area contributed by atoms with Gasteiger partial charge < -0.3 is 4.42 Å². The molecule has 4 nitrogen and oxygen atoms in total. The summed E-state index contributed by atoms with van der Waals surface area (Å²) in [6, 6.07) is 11.7. The van der Waals surface area contributed by atoms with Crippen molar-refractivity contribution < 1.29 is 13.6 Å². The van der Waals surface area contributed by atoms with Crippen molar-refractivity contribution in [2.75, 3.05) is 5.01 Å². The number of hydrogen-bond acceptors (Lipinski definition) is 4. The molecular formula is C20H14ClFN2O2S2. The van der Waals surface area contributed by atoms with Crippen LogP contribution in [-0.2, 0) is 4.79 Å². The Morgan fingerprint density at radius 2 is 1.86 bits per heavy atom. The van der Waals surface area contributed by atoms with E-state index in [2.05, 4.69) is 0 Å². The summed E-state index contributed by atoms with van der Waals surface area (Å²) in [5, 5.41) is 1.51. The Morgan fingerprint density at radius 1 is 1.14 bits per heavy atom. The minimum Gasteiger partial charge on any atom is -0.457 e. The Labute approximate surface area is 175 Å². The molecular weight excluding hydrogens is 419 g/mol. The first-order valence-electron chi connectivity index (χ1n) is 8.33. The molecule has 0 spiro atoms. The van der Waals surface area contributed by atoms with E-state index in [0.29, 0.717) is 26.3 Å². The number of halogens is 2. The average Bonchev–Trinajstić information content (AvgIpc) is 3.32. The number of carbonyl (C=O) groups is 1. The maximum absolute atomic E-state index is 13.3. The maximum Gasteiger partial charge on any atom is 0.285 e. The van der Waals surface area contributed by atoms with Gasteiger partial charge in [0.1, 0.15) is 17.3 Å². The van der Waals surface area contributed by atoms with Gasteiger partial charge in [0.2, 0.25) is 0 Å². The van der Waals surface area contributed by atoms with Crippen LogP contribution in [-0.4, -0.2) is 14.9 Å². The SMILES string of the molecule is Cc1ccc(C)n1N1C(=O)C(=Cc2ccc(-c3ccc(F)c(Cl)c3)o2)SC1=S. The first-order valence-corrected chi connectivity index (χ1v) is 9.94. The van der Waals surface area contributed by atoms with Crippen LogP contribution in [0, 0.1) is 19.7 Å². The van der Waals surface area contributed by atoms with Crippen molar-refractivity contribution in [3.63, 3.8) is 0 Å². The molecule has 1 aromatic carbocycles. The first-order chi connectivity index (χ1) is 13.3. The highest BCUT2D eigenvalue weighted by Gasteiger charge is 2.35. The second kappa shape index (κ2) is 7.24. The van der Waals surface area contributed by atoms with Crippen LogP contribution in [0.1, 0.15) is 17.1 Å². The van der Waals surface area contributed by atoms with Crippen LogP contribution in [0.2, 0.25) is 5.02 Å². The van der Waals surface area contributed by atoms with E-state index in [0.717, 1.165) is 11.4 Å². The number of carbonyl (C=O) groups excluding carboxylic acids is 1. The molecule has 0 bridgehead atoms. The molecule has 1 aliphatic rings. The summed E-state index contributed by atoms with van der Waals surface area (Å²) in [7, 11) is 0. The van der Waals surface area contributed by atoms with Gasteiger partial charge in [-0.2, -0.15) is 5.01 Å². The summed E-state index contributed by atoms with van der Waals surface area (Å²) < 4.78 is 21.4. The van der Waals surface area contributed by atoms with E-state index in [-0.39, 0.29) is 10.9 Å². The number of thioether (sulfide) groups is 1. The fraction of sp³-hybridized carbons (Fsp3) is 0.100. The second-order valence-corrected chi connectivity index (χ2v) is 8.34. The molecule has 0 aliphatic carbocycles. The number of nitrogens with zero attached hydrogens (tertiary/aromatic N) is 2. The molecule has 1 saturated heterocycles. The molecule has 1 fully saturated rings. The fourth-order valence-electron chi connectivity index (χ4n) is 2.97. The predicted molar refractivity (Wildman–Crippen MR) is 114 cm³/mol. The smallest absolute Gasteiger partial charge is 0.285 e. The summed E-state index contributed by atoms with van der Waals surface area (Å²) in [5.74, 6) is 0.328. The third-order valence-electron chi connectivity index (χ3n) is 4.31. The Bertz CT molecular complexity index is 1130. The first kappa shape index (κ1) is 19.0. The summed E-state index contributed by atoms with van der Waals surface area (Å²) in [6.07, 6.45) is 1.65. The van der Waals surface area contributed by atoms with Crippen molar-refractivity contribution in [3.8, 4) is 11.3 Å². The molecule has 0 radical (unpaired) electrons. The van der Waals surface area contributed by atoms with Crippen molar-refractivity contribution in [1.29, 1.82) is 0 Å². The molecule has 1 aliphatic heterocycles. The summed E-state index contributed by atoms with van der Waals surface area (Å²) >= 11 is 12.5. The largest absolute Gasteiger partial charge is 0.457 e. The zero-order valence-corrected chi connectivity index (χ0v) is 17.3. The third-order valence-corrected chi connectivity index (χ3v) is 5.88.